The highest BCUT2D eigenvalue weighted by atomic mass is 32.1. The molecule has 0 aromatic carbocycles. The Morgan fingerprint density at radius 3 is 2.42 bits per heavy atom. The molecule has 0 aliphatic rings. The highest BCUT2D eigenvalue weighted by Gasteiger charge is 1.94. The number of thiophene rings is 1. The average Bonchev–Trinajstić information content (AvgIpc) is 2.89. The number of carbonyl (C=O) groups excluding carboxylic acids is 1. The molecule has 0 aliphatic heterocycles. The molecule has 0 amide bonds. The minimum Gasteiger partial charge on any atom is -0.297 e. The third-order valence-corrected chi connectivity index (χ3v) is 3.98. The van der Waals surface area contributed by atoms with Crippen molar-refractivity contribution in [3.05, 3.63) is 21.9 Å². The van der Waals surface area contributed by atoms with Gasteiger partial charge in [-0.1, -0.05) is 63.7 Å². The normalized spacial score (nSPS) is 9.95. The molecule has 1 heterocycles. The zero-order valence-corrected chi connectivity index (χ0v) is 12.7. The van der Waals surface area contributed by atoms with Gasteiger partial charge in [0.25, 0.3) is 0 Å². The molecule has 1 nitrogen and oxygen atoms in total. The molecule has 0 N–H and O–H groups in total. The van der Waals surface area contributed by atoms with Crippen molar-refractivity contribution in [1.29, 1.82) is 0 Å². The summed E-state index contributed by atoms with van der Waals surface area (Å²) >= 11 is 1.46. The third-order valence-electron chi connectivity index (χ3n) is 3.12. The first-order valence-electron chi connectivity index (χ1n) is 7.39. The van der Waals surface area contributed by atoms with Gasteiger partial charge in [-0.25, -0.2) is 0 Å². The van der Waals surface area contributed by atoms with Crippen molar-refractivity contribution in [2.75, 3.05) is 0 Å². The third kappa shape index (κ3) is 7.85. The van der Waals surface area contributed by atoms with Crippen molar-refractivity contribution in [1.82, 2.24) is 0 Å². The Bertz CT molecular complexity index is 408. The van der Waals surface area contributed by atoms with E-state index in [1.54, 1.807) is 0 Å². The summed E-state index contributed by atoms with van der Waals surface area (Å²) in [6.07, 6.45) is 12.6. The van der Waals surface area contributed by atoms with Crippen LogP contribution in [-0.2, 0) is 0 Å². The van der Waals surface area contributed by atoms with Gasteiger partial charge in [0.2, 0.25) is 0 Å². The van der Waals surface area contributed by atoms with Crippen LogP contribution < -0.4 is 0 Å². The van der Waals surface area contributed by atoms with Gasteiger partial charge in [-0.3, -0.25) is 4.79 Å². The lowest BCUT2D eigenvalue weighted by Gasteiger charge is -1.99. The summed E-state index contributed by atoms with van der Waals surface area (Å²) in [7, 11) is 0. The second kappa shape index (κ2) is 10.8. The van der Waals surface area contributed by atoms with Crippen molar-refractivity contribution in [2.24, 2.45) is 0 Å². The number of carbonyl (C=O) groups is 1. The van der Waals surface area contributed by atoms with Gasteiger partial charge in [0.15, 0.2) is 6.29 Å². The Morgan fingerprint density at radius 2 is 1.79 bits per heavy atom. The van der Waals surface area contributed by atoms with Gasteiger partial charge in [-0.2, -0.15) is 0 Å². The van der Waals surface area contributed by atoms with E-state index in [0.717, 1.165) is 23.1 Å². The van der Waals surface area contributed by atoms with Crippen LogP contribution >= 0.6 is 11.3 Å². The lowest BCUT2D eigenvalue weighted by molar-refractivity contribution is 0.112. The van der Waals surface area contributed by atoms with Crippen LogP contribution in [0.15, 0.2) is 11.4 Å². The second-order valence-electron chi connectivity index (χ2n) is 4.88. The Balaban J connectivity index is 2.00. The molecule has 0 fully saturated rings. The van der Waals surface area contributed by atoms with Crippen LogP contribution in [0.4, 0.5) is 0 Å². The Labute approximate surface area is 121 Å². The number of hydrogen-bond donors (Lipinski definition) is 0. The molecule has 2 heteroatoms. The summed E-state index contributed by atoms with van der Waals surface area (Å²) in [5.74, 6) is 6.31. The number of hydrogen-bond acceptors (Lipinski definition) is 2. The fourth-order valence-electron chi connectivity index (χ4n) is 1.99. The molecule has 0 saturated heterocycles. The minimum atomic E-state index is 0.761. The molecular weight excluding hydrogens is 252 g/mol. The molecule has 0 atom stereocenters. The quantitative estimate of drug-likeness (QED) is 0.333. The van der Waals surface area contributed by atoms with Crippen LogP contribution in [0.1, 0.15) is 79.9 Å². The molecular formula is C17H24OS. The van der Waals surface area contributed by atoms with E-state index in [1.807, 2.05) is 11.4 Å². The summed E-state index contributed by atoms with van der Waals surface area (Å²) in [6.45, 7) is 2.25. The molecule has 1 aromatic heterocycles. The first-order valence-corrected chi connectivity index (χ1v) is 8.27. The predicted octanol–water partition coefficient (Wildman–Crippen LogP) is 5.44. The fraction of sp³-hybridized carbons (Fsp3) is 0.588. The molecule has 0 unspecified atom stereocenters. The topological polar surface area (TPSA) is 17.1 Å². The summed E-state index contributed by atoms with van der Waals surface area (Å²) in [5.41, 5.74) is 0.978. The van der Waals surface area contributed by atoms with E-state index in [4.69, 9.17) is 0 Å². The van der Waals surface area contributed by atoms with Crippen LogP contribution in [-0.4, -0.2) is 6.29 Å². The van der Waals surface area contributed by atoms with Crippen LogP contribution in [0.2, 0.25) is 0 Å². The van der Waals surface area contributed by atoms with Gasteiger partial charge in [0.1, 0.15) is 0 Å². The zero-order valence-electron chi connectivity index (χ0n) is 11.9. The van der Waals surface area contributed by atoms with Gasteiger partial charge in [0.05, 0.1) is 4.88 Å². The van der Waals surface area contributed by atoms with E-state index in [-0.39, 0.29) is 0 Å². The smallest absolute Gasteiger partial charge is 0.160 e. The minimum absolute atomic E-state index is 0.761. The van der Waals surface area contributed by atoms with E-state index in [2.05, 4.69) is 18.8 Å². The molecule has 0 saturated carbocycles. The Morgan fingerprint density at radius 1 is 1.11 bits per heavy atom. The molecule has 104 valence electrons. The fourth-order valence-corrected chi connectivity index (χ4v) is 2.63. The summed E-state index contributed by atoms with van der Waals surface area (Å²) in [5, 5.41) is 1.95. The maximum atomic E-state index is 10.5. The first-order chi connectivity index (χ1) is 9.36. The number of unbranched alkanes of at least 4 members (excludes halogenated alkanes) is 8. The lowest BCUT2D eigenvalue weighted by Crippen LogP contribution is -1.80. The summed E-state index contributed by atoms with van der Waals surface area (Å²) < 4.78 is 0. The summed E-state index contributed by atoms with van der Waals surface area (Å²) in [4.78, 5) is 11.3. The predicted molar refractivity (Wildman–Crippen MR) is 83.8 cm³/mol. The van der Waals surface area contributed by atoms with Gasteiger partial charge >= 0.3 is 0 Å². The largest absolute Gasteiger partial charge is 0.297 e. The second-order valence-corrected chi connectivity index (χ2v) is 5.83. The Kier molecular flexibility index (Phi) is 9.10. The lowest BCUT2D eigenvalue weighted by atomic mass is 10.1. The molecule has 1 aromatic rings. The maximum Gasteiger partial charge on any atom is 0.160 e. The molecule has 0 bridgehead atoms. The van der Waals surface area contributed by atoms with Gasteiger partial charge in [-0.15, -0.1) is 11.3 Å². The van der Waals surface area contributed by atoms with Crippen LogP contribution in [0.3, 0.4) is 0 Å². The monoisotopic (exact) mass is 276 g/mol. The van der Waals surface area contributed by atoms with Crippen molar-refractivity contribution in [2.45, 2.75) is 64.7 Å². The number of rotatable bonds is 9. The van der Waals surface area contributed by atoms with Gasteiger partial charge < -0.3 is 0 Å². The SMILES string of the molecule is CCCCCCCCCCC#Cc1csc(C=O)c1. The van der Waals surface area contributed by atoms with Crippen molar-refractivity contribution in [3.8, 4) is 11.8 Å². The van der Waals surface area contributed by atoms with E-state index in [1.165, 1.54) is 62.7 Å². The van der Waals surface area contributed by atoms with E-state index >= 15 is 0 Å². The standard InChI is InChI=1S/C17H24OS/c1-2-3-4-5-6-7-8-9-10-11-12-16-13-17(14-18)19-15-16/h13-15H,2-10H2,1H3. The zero-order chi connectivity index (χ0) is 13.8. The number of aldehydes is 1. The first kappa shape index (κ1) is 16.0. The van der Waals surface area contributed by atoms with E-state index < -0.39 is 0 Å². The van der Waals surface area contributed by atoms with Crippen LogP contribution in [0.5, 0.6) is 0 Å². The van der Waals surface area contributed by atoms with Crippen LogP contribution in [0.25, 0.3) is 0 Å². The molecule has 19 heavy (non-hydrogen) atoms. The molecule has 0 spiro atoms. The Hall–Kier alpha value is -1.07. The highest BCUT2D eigenvalue weighted by molar-refractivity contribution is 7.11. The molecule has 1 rings (SSSR count). The molecule has 0 aliphatic carbocycles. The molecule has 0 radical (unpaired) electrons. The van der Waals surface area contributed by atoms with Crippen molar-refractivity contribution in [3.63, 3.8) is 0 Å². The maximum absolute atomic E-state index is 10.5. The van der Waals surface area contributed by atoms with E-state index in [0.29, 0.717) is 0 Å². The summed E-state index contributed by atoms with van der Waals surface area (Å²) in [6, 6.07) is 1.86. The van der Waals surface area contributed by atoms with Crippen LogP contribution in [0, 0.1) is 11.8 Å². The average molecular weight is 276 g/mol. The van der Waals surface area contributed by atoms with Crippen molar-refractivity contribution < 1.29 is 4.79 Å². The highest BCUT2D eigenvalue weighted by Crippen LogP contribution is 2.12. The van der Waals surface area contributed by atoms with Gasteiger partial charge in [0, 0.05) is 17.4 Å². The van der Waals surface area contributed by atoms with Crippen molar-refractivity contribution >= 4 is 17.6 Å². The van der Waals surface area contributed by atoms with E-state index in [9.17, 15) is 4.79 Å². The van der Waals surface area contributed by atoms with Gasteiger partial charge in [-0.05, 0) is 12.5 Å².